The summed E-state index contributed by atoms with van der Waals surface area (Å²) in [5, 5.41) is 3.00. The van der Waals surface area contributed by atoms with Crippen molar-refractivity contribution in [2.75, 3.05) is 5.32 Å². The zero-order valence-electron chi connectivity index (χ0n) is 8.30. The average molecular weight is 183 g/mol. The first-order valence-corrected chi connectivity index (χ1v) is 4.57. The topological polar surface area (TPSA) is 12.0 Å². The molecule has 0 spiro atoms. The van der Waals surface area contributed by atoms with Crippen LogP contribution in [-0.2, 0) is 0 Å². The van der Waals surface area contributed by atoms with Gasteiger partial charge in [0.05, 0.1) is 0 Å². The summed E-state index contributed by atoms with van der Waals surface area (Å²) in [6.07, 6.45) is 6.56. The minimum absolute atomic E-state index is 0.711. The van der Waals surface area contributed by atoms with Gasteiger partial charge in [-0.25, -0.2) is 0 Å². The van der Waals surface area contributed by atoms with E-state index < -0.39 is 0 Å². The second-order valence-electron chi connectivity index (χ2n) is 3.00. The van der Waals surface area contributed by atoms with Crippen LogP contribution in [0.15, 0.2) is 24.3 Å². The van der Waals surface area contributed by atoms with Gasteiger partial charge in [0.1, 0.15) is 0 Å². The monoisotopic (exact) mass is 183 g/mol. The molecule has 0 heterocycles. The second-order valence-corrected chi connectivity index (χ2v) is 3.00. The molecular weight excluding hydrogens is 170 g/mol. The summed E-state index contributed by atoms with van der Waals surface area (Å²) in [5.41, 5.74) is 2.26. The van der Waals surface area contributed by atoms with Gasteiger partial charge >= 0.3 is 0 Å². The molecule has 0 saturated heterocycles. The van der Waals surface area contributed by atoms with E-state index >= 15 is 0 Å². The molecule has 1 N–H and O–H groups in total. The lowest BCUT2D eigenvalue weighted by Crippen LogP contribution is -1.87. The van der Waals surface area contributed by atoms with Crippen molar-refractivity contribution in [3.63, 3.8) is 0 Å². The van der Waals surface area contributed by atoms with Crippen molar-refractivity contribution >= 4 is 5.69 Å². The van der Waals surface area contributed by atoms with Crippen molar-refractivity contribution in [3.8, 4) is 24.3 Å². The fourth-order valence-corrected chi connectivity index (χ4v) is 0.950. The van der Waals surface area contributed by atoms with Crippen molar-refractivity contribution in [2.24, 2.45) is 0 Å². The van der Waals surface area contributed by atoms with Gasteiger partial charge in [0, 0.05) is 24.6 Å². The van der Waals surface area contributed by atoms with E-state index in [-0.39, 0.29) is 0 Å². The molecule has 1 aromatic rings. The van der Waals surface area contributed by atoms with E-state index in [0.717, 1.165) is 12.1 Å². The van der Waals surface area contributed by atoms with Crippen molar-refractivity contribution in [3.05, 3.63) is 29.8 Å². The largest absolute Gasteiger partial charge is 0.315 e. The van der Waals surface area contributed by atoms with E-state index in [1.165, 1.54) is 5.56 Å². The first kappa shape index (κ1) is 10.2. The predicted molar refractivity (Wildman–Crippen MR) is 60.6 cm³/mol. The van der Waals surface area contributed by atoms with Crippen LogP contribution in [0.3, 0.4) is 0 Å². The number of hydrogen-bond donors (Lipinski definition) is 1. The number of aryl methyl sites for hydroxylation is 1. The first-order valence-electron chi connectivity index (χ1n) is 4.57. The van der Waals surface area contributed by atoms with Crippen LogP contribution in [0.2, 0.25) is 0 Å². The smallest absolute Gasteiger partial charge is 0.0459 e. The molecule has 0 aliphatic rings. The van der Waals surface area contributed by atoms with Gasteiger partial charge < -0.3 is 5.32 Å². The summed E-state index contributed by atoms with van der Waals surface area (Å²) >= 11 is 0. The highest BCUT2D eigenvalue weighted by molar-refractivity contribution is 5.48. The van der Waals surface area contributed by atoms with E-state index in [4.69, 9.17) is 6.42 Å². The first-order chi connectivity index (χ1) is 6.83. The van der Waals surface area contributed by atoms with Gasteiger partial charge in [0.2, 0.25) is 0 Å². The molecule has 0 fully saturated rings. The zero-order chi connectivity index (χ0) is 10.2. The molecule has 0 atom stereocenters. The minimum Gasteiger partial charge on any atom is -0.315 e. The minimum atomic E-state index is 0.711. The van der Waals surface area contributed by atoms with Crippen LogP contribution in [0.1, 0.15) is 18.4 Å². The lowest BCUT2D eigenvalue weighted by molar-refractivity contribution is 1.12. The number of benzene rings is 1. The molecule has 0 radical (unpaired) electrons. The molecule has 0 saturated carbocycles. The third-order valence-corrected chi connectivity index (χ3v) is 1.74. The second kappa shape index (κ2) is 5.73. The van der Waals surface area contributed by atoms with E-state index in [2.05, 4.69) is 30.1 Å². The maximum absolute atomic E-state index is 5.10. The summed E-state index contributed by atoms with van der Waals surface area (Å²) < 4.78 is 0. The predicted octanol–water partition coefficient (Wildman–Crippen LogP) is 2.78. The molecule has 0 bridgehead atoms. The van der Waals surface area contributed by atoms with Crippen LogP contribution in [-0.4, -0.2) is 0 Å². The highest BCUT2D eigenvalue weighted by atomic mass is 14.8. The molecular formula is C13H13N. The van der Waals surface area contributed by atoms with Crippen LogP contribution in [0.25, 0.3) is 0 Å². The Morgan fingerprint density at radius 3 is 2.57 bits per heavy atom. The van der Waals surface area contributed by atoms with Gasteiger partial charge in [-0.05, 0) is 19.1 Å². The van der Waals surface area contributed by atoms with Crippen molar-refractivity contribution < 1.29 is 0 Å². The van der Waals surface area contributed by atoms with E-state index in [0.29, 0.717) is 6.42 Å². The van der Waals surface area contributed by atoms with Gasteiger partial charge in [-0.3, -0.25) is 0 Å². The third-order valence-electron chi connectivity index (χ3n) is 1.74. The van der Waals surface area contributed by atoms with Gasteiger partial charge in [0.25, 0.3) is 0 Å². The summed E-state index contributed by atoms with van der Waals surface area (Å²) in [4.78, 5) is 0. The van der Waals surface area contributed by atoms with Crippen molar-refractivity contribution in [2.45, 2.75) is 19.8 Å². The van der Waals surface area contributed by atoms with Gasteiger partial charge in [-0.15, -0.1) is 12.3 Å². The fraction of sp³-hybridized carbons (Fsp3) is 0.231. The number of hydrogen-bond acceptors (Lipinski definition) is 1. The lowest BCUT2D eigenvalue weighted by Gasteiger charge is -1.97. The van der Waals surface area contributed by atoms with E-state index in [1.54, 1.807) is 0 Å². The Morgan fingerprint density at radius 1 is 1.21 bits per heavy atom. The van der Waals surface area contributed by atoms with Crippen LogP contribution < -0.4 is 5.32 Å². The molecule has 0 aromatic heterocycles. The van der Waals surface area contributed by atoms with Crippen LogP contribution in [0.4, 0.5) is 5.69 Å². The number of anilines is 1. The molecule has 14 heavy (non-hydrogen) atoms. The molecule has 0 amide bonds. The van der Waals surface area contributed by atoms with Crippen LogP contribution in [0, 0.1) is 31.2 Å². The SMILES string of the molecule is C#CCCC#CNc1ccc(C)cc1. The quantitative estimate of drug-likeness (QED) is 0.422. The average Bonchev–Trinajstić information content (AvgIpc) is 2.21. The molecule has 70 valence electrons. The number of rotatable bonds is 2. The molecule has 0 aliphatic carbocycles. The van der Waals surface area contributed by atoms with Crippen molar-refractivity contribution in [1.82, 2.24) is 0 Å². The van der Waals surface area contributed by atoms with Crippen LogP contribution in [0.5, 0.6) is 0 Å². The molecule has 1 aromatic carbocycles. The fourth-order valence-electron chi connectivity index (χ4n) is 0.950. The molecule has 1 rings (SSSR count). The Labute approximate surface area is 85.5 Å². The Hall–Kier alpha value is -1.86. The highest BCUT2D eigenvalue weighted by Gasteiger charge is 1.86. The van der Waals surface area contributed by atoms with Crippen LogP contribution >= 0.6 is 0 Å². The summed E-state index contributed by atoms with van der Waals surface area (Å²) in [6, 6.07) is 11.0. The molecule has 1 heteroatoms. The summed E-state index contributed by atoms with van der Waals surface area (Å²) in [7, 11) is 0. The maximum Gasteiger partial charge on any atom is 0.0459 e. The number of unbranched alkanes of at least 4 members (excludes halogenated alkanes) is 1. The molecule has 0 unspecified atom stereocenters. The van der Waals surface area contributed by atoms with Gasteiger partial charge in [-0.1, -0.05) is 23.6 Å². The zero-order valence-corrected chi connectivity index (χ0v) is 8.30. The maximum atomic E-state index is 5.10. The third kappa shape index (κ3) is 3.70. The lowest BCUT2D eigenvalue weighted by atomic mass is 10.2. The Kier molecular flexibility index (Phi) is 4.18. The summed E-state index contributed by atoms with van der Waals surface area (Å²) in [5.74, 6) is 5.49. The Bertz CT molecular complexity index is 370. The number of terminal acetylenes is 1. The van der Waals surface area contributed by atoms with Gasteiger partial charge in [0.15, 0.2) is 0 Å². The Balaban J connectivity index is 2.41. The van der Waals surface area contributed by atoms with E-state index in [1.807, 2.05) is 24.3 Å². The highest BCUT2D eigenvalue weighted by Crippen LogP contribution is 2.07. The van der Waals surface area contributed by atoms with Gasteiger partial charge in [-0.2, -0.15) is 0 Å². The Morgan fingerprint density at radius 2 is 1.93 bits per heavy atom. The standard InChI is InChI=1S/C13H13N/c1-3-4-5-6-11-14-13-9-7-12(2)8-10-13/h1,7-10,14H,4-5H2,2H3. The number of nitrogens with one attached hydrogen (secondary N) is 1. The normalized spacial score (nSPS) is 8.29. The molecule has 1 nitrogen and oxygen atoms in total. The van der Waals surface area contributed by atoms with E-state index in [9.17, 15) is 0 Å². The van der Waals surface area contributed by atoms with Crippen molar-refractivity contribution in [1.29, 1.82) is 0 Å². The molecule has 0 aliphatic heterocycles. The summed E-state index contributed by atoms with van der Waals surface area (Å²) in [6.45, 7) is 2.06.